The minimum absolute atomic E-state index is 0.149. The minimum Gasteiger partial charge on any atom is -0.342 e. The molecule has 30 heavy (non-hydrogen) atoms. The summed E-state index contributed by atoms with van der Waals surface area (Å²) >= 11 is 0. The van der Waals surface area contributed by atoms with Gasteiger partial charge in [-0.3, -0.25) is 14.3 Å². The molecule has 4 heterocycles. The van der Waals surface area contributed by atoms with Crippen LogP contribution in [-0.4, -0.2) is 56.3 Å². The maximum Gasteiger partial charge on any atom is 0.274 e. The van der Waals surface area contributed by atoms with Crippen LogP contribution in [0, 0.1) is 11.6 Å². The van der Waals surface area contributed by atoms with Crippen molar-refractivity contribution in [3.05, 3.63) is 53.4 Å². The van der Waals surface area contributed by atoms with Crippen molar-refractivity contribution in [1.29, 1.82) is 0 Å². The van der Waals surface area contributed by atoms with Crippen LogP contribution in [0.1, 0.15) is 47.8 Å². The number of rotatable bonds is 2. The molecule has 2 unspecified atom stereocenters. The number of amides is 2. The van der Waals surface area contributed by atoms with E-state index in [0.29, 0.717) is 50.0 Å². The fourth-order valence-electron chi connectivity index (χ4n) is 4.90. The number of carbonyl (C=O) groups excluding carboxylic acids is 2. The van der Waals surface area contributed by atoms with Crippen LogP contribution in [0.25, 0.3) is 0 Å². The van der Waals surface area contributed by atoms with E-state index >= 15 is 0 Å². The van der Waals surface area contributed by atoms with Crippen LogP contribution in [0.15, 0.2) is 30.5 Å². The predicted molar refractivity (Wildman–Crippen MR) is 101 cm³/mol. The third kappa shape index (κ3) is 2.99. The molecule has 3 fully saturated rings. The smallest absolute Gasteiger partial charge is 0.274 e. The Kier molecular flexibility index (Phi) is 4.39. The highest BCUT2D eigenvalue weighted by molar-refractivity contribution is 5.93. The van der Waals surface area contributed by atoms with Crippen LogP contribution >= 0.6 is 0 Å². The lowest BCUT2D eigenvalue weighted by molar-refractivity contribution is -0.142. The van der Waals surface area contributed by atoms with Crippen molar-refractivity contribution in [2.45, 2.75) is 43.6 Å². The largest absolute Gasteiger partial charge is 0.342 e. The Labute approximate surface area is 172 Å². The summed E-state index contributed by atoms with van der Waals surface area (Å²) in [5, 5.41) is 4.15. The predicted octanol–water partition coefficient (Wildman–Crippen LogP) is 2.39. The molecule has 1 aromatic carbocycles. The van der Waals surface area contributed by atoms with E-state index in [4.69, 9.17) is 4.74 Å². The van der Waals surface area contributed by atoms with Gasteiger partial charge in [-0.2, -0.15) is 5.10 Å². The van der Waals surface area contributed by atoms with E-state index < -0.39 is 29.5 Å². The van der Waals surface area contributed by atoms with Crippen LogP contribution in [0.4, 0.5) is 8.78 Å². The molecule has 1 spiro atoms. The van der Waals surface area contributed by atoms with Crippen LogP contribution in [0.3, 0.4) is 0 Å². The number of ether oxygens (including phenoxy) is 1. The molecular weight excluding hydrogens is 394 g/mol. The Morgan fingerprint density at radius 3 is 2.50 bits per heavy atom. The van der Waals surface area contributed by atoms with Crippen molar-refractivity contribution in [1.82, 2.24) is 19.6 Å². The molecule has 2 aromatic rings. The van der Waals surface area contributed by atoms with E-state index in [0.717, 1.165) is 6.07 Å². The minimum atomic E-state index is -0.976. The van der Waals surface area contributed by atoms with E-state index in [1.807, 2.05) is 0 Å². The van der Waals surface area contributed by atoms with Gasteiger partial charge in [0.1, 0.15) is 23.6 Å². The summed E-state index contributed by atoms with van der Waals surface area (Å²) in [5.74, 6) is -1.62. The topological polar surface area (TPSA) is 67.7 Å². The first-order valence-electron chi connectivity index (χ1n) is 10.1. The second-order valence-electron chi connectivity index (χ2n) is 8.24. The number of carbonyl (C=O) groups is 2. The molecule has 7 nitrogen and oxygen atoms in total. The molecule has 3 saturated heterocycles. The summed E-state index contributed by atoms with van der Waals surface area (Å²) in [7, 11) is 1.75. The van der Waals surface area contributed by atoms with E-state index in [2.05, 4.69) is 5.10 Å². The van der Waals surface area contributed by atoms with E-state index in [9.17, 15) is 18.4 Å². The van der Waals surface area contributed by atoms with E-state index in [1.165, 1.54) is 12.1 Å². The number of nitrogens with zero attached hydrogens (tertiary/aromatic N) is 4. The molecule has 0 N–H and O–H groups in total. The maximum absolute atomic E-state index is 13.7. The first-order chi connectivity index (χ1) is 14.4. The van der Waals surface area contributed by atoms with E-state index in [1.54, 1.807) is 33.8 Å². The number of hydrogen-bond donors (Lipinski definition) is 0. The lowest BCUT2D eigenvalue weighted by Gasteiger charge is -2.37. The van der Waals surface area contributed by atoms with Crippen LogP contribution in [-0.2, 0) is 16.6 Å². The third-order valence-corrected chi connectivity index (χ3v) is 6.38. The van der Waals surface area contributed by atoms with Crippen molar-refractivity contribution in [2.24, 2.45) is 7.05 Å². The first-order valence-corrected chi connectivity index (χ1v) is 10.1. The molecule has 0 radical (unpaired) electrons. The molecule has 1 aromatic heterocycles. The van der Waals surface area contributed by atoms with Crippen molar-refractivity contribution in [2.75, 3.05) is 13.1 Å². The lowest BCUT2D eigenvalue weighted by atomic mass is 9.89. The first kappa shape index (κ1) is 19.2. The van der Waals surface area contributed by atoms with Gasteiger partial charge in [-0.25, -0.2) is 8.78 Å². The summed E-state index contributed by atoms with van der Waals surface area (Å²) < 4.78 is 35.2. The zero-order chi connectivity index (χ0) is 21.0. The number of halogens is 2. The van der Waals surface area contributed by atoms with Crippen LogP contribution in [0.5, 0.6) is 0 Å². The number of fused-ring (bicyclic) bond motifs is 1. The molecule has 5 rings (SSSR count). The molecule has 0 aliphatic carbocycles. The van der Waals surface area contributed by atoms with Crippen molar-refractivity contribution in [3.8, 4) is 0 Å². The van der Waals surface area contributed by atoms with Gasteiger partial charge in [0.15, 0.2) is 5.60 Å². The molecular formula is C21H22F2N4O3. The van der Waals surface area contributed by atoms with Gasteiger partial charge < -0.3 is 14.5 Å². The summed E-state index contributed by atoms with van der Waals surface area (Å²) in [6, 6.07) is 4.65. The van der Waals surface area contributed by atoms with Crippen molar-refractivity contribution >= 4 is 11.8 Å². The highest BCUT2D eigenvalue weighted by Crippen LogP contribution is 2.47. The standard InChI is InChI=1S/C21H22F2N4O3/c1-25-7-4-16(24-25)19(28)26-8-5-21(6-9-26)20(29)27-17(2-3-18(27)30-21)13-10-14(22)12-15(23)11-13/h4,7,10-12,17-18H,2-3,5-6,8-9H2,1H3. The van der Waals surface area contributed by atoms with Crippen LogP contribution < -0.4 is 0 Å². The van der Waals surface area contributed by atoms with Gasteiger partial charge in [0.2, 0.25) is 0 Å². The summed E-state index contributed by atoms with van der Waals surface area (Å²) in [6.07, 6.45) is 3.31. The number of benzene rings is 1. The van der Waals surface area contributed by atoms with Gasteiger partial charge in [-0.15, -0.1) is 0 Å². The number of aromatic nitrogens is 2. The highest BCUT2D eigenvalue weighted by atomic mass is 19.1. The highest BCUT2D eigenvalue weighted by Gasteiger charge is 2.58. The Balaban J connectivity index is 1.32. The van der Waals surface area contributed by atoms with Gasteiger partial charge in [-0.05, 0) is 36.6 Å². The number of piperidine rings is 1. The van der Waals surface area contributed by atoms with Crippen molar-refractivity contribution < 1.29 is 23.1 Å². The van der Waals surface area contributed by atoms with Gasteiger partial charge >= 0.3 is 0 Å². The Hall–Kier alpha value is -2.81. The molecule has 3 aliphatic heterocycles. The molecule has 2 amide bonds. The normalized spacial score (nSPS) is 25.2. The third-order valence-electron chi connectivity index (χ3n) is 6.38. The molecule has 9 heteroatoms. The van der Waals surface area contributed by atoms with E-state index in [-0.39, 0.29) is 11.8 Å². The fraction of sp³-hybridized carbons (Fsp3) is 0.476. The maximum atomic E-state index is 13.7. The second kappa shape index (κ2) is 6.87. The Bertz CT molecular complexity index is 995. The zero-order valence-corrected chi connectivity index (χ0v) is 16.6. The molecule has 3 aliphatic rings. The molecule has 0 saturated carbocycles. The summed E-state index contributed by atoms with van der Waals surface area (Å²) in [4.78, 5) is 29.3. The number of hydrogen-bond acceptors (Lipinski definition) is 4. The second-order valence-corrected chi connectivity index (χ2v) is 8.24. The quantitative estimate of drug-likeness (QED) is 0.754. The van der Waals surface area contributed by atoms with Gasteiger partial charge in [0, 0.05) is 45.2 Å². The van der Waals surface area contributed by atoms with Gasteiger partial charge in [0.05, 0.1) is 6.04 Å². The number of likely N-dealkylation sites (tertiary alicyclic amines) is 1. The van der Waals surface area contributed by atoms with Crippen molar-refractivity contribution in [3.63, 3.8) is 0 Å². The average molecular weight is 416 g/mol. The van der Waals surface area contributed by atoms with Crippen LogP contribution in [0.2, 0.25) is 0 Å². The zero-order valence-electron chi connectivity index (χ0n) is 16.6. The molecule has 2 atom stereocenters. The molecule has 158 valence electrons. The Morgan fingerprint density at radius 1 is 1.17 bits per heavy atom. The summed E-state index contributed by atoms with van der Waals surface area (Å²) in [5.41, 5.74) is -0.150. The SMILES string of the molecule is Cn1ccc(C(=O)N2CCC3(CC2)OC2CCC(c4cc(F)cc(F)c4)N2C3=O)n1. The fourth-order valence-corrected chi connectivity index (χ4v) is 4.90. The molecule has 0 bridgehead atoms. The monoisotopic (exact) mass is 416 g/mol. The van der Waals surface area contributed by atoms with Gasteiger partial charge in [0.25, 0.3) is 11.8 Å². The van der Waals surface area contributed by atoms with Gasteiger partial charge in [-0.1, -0.05) is 0 Å². The number of aryl methyl sites for hydroxylation is 1. The Morgan fingerprint density at radius 2 is 1.87 bits per heavy atom. The lowest BCUT2D eigenvalue weighted by Crippen LogP contribution is -2.51. The average Bonchev–Trinajstić information content (AvgIpc) is 3.38. The summed E-state index contributed by atoms with van der Waals surface area (Å²) in [6.45, 7) is 0.780.